The zero-order chi connectivity index (χ0) is 14.1. The summed E-state index contributed by atoms with van der Waals surface area (Å²) >= 11 is 0. The van der Waals surface area contributed by atoms with Crippen molar-refractivity contribution in [1.29, 1.82) is 0 Å². The van der Waals surface area contributed by atoms with Gasteiger partial charge in [-0.3, -0.25) is 10.1 Å². The molecule has 0 atom stereocenters. The van der Waals surface area contributed by atoms with Crippen molar-refractivity contribution < 1.29 is 22.8 Å². The third kappa shape index (κ3) is 2.61. The summed E-state index contributed by atoms with van der Waals surface area (Å²) in [6.07, 6.45) is -4.81. The van der Waals surface area contributed by atoms with Gasteiger partial charge in [0.15, 0.2) is 0 Å². The van der Waals surface area contributed by atoms with E-state index >= 15 is 0 Å². The summed E-state index contributed by atoms with van der Waals surface area (Å²) in [4.78, 5) is 9.56. The highest BCUT2D eigenvalue weighted by molar-refractivity contribution is 5.70. The standard InChI is InChI=1S/C11H10F3NO3/c1-6(2)7-4-8(11(12,13)14)9(15(16)17)5-10(7)18-3/h4-5H,1H2,2-3H3. The predicted octanol–water partition coefficient (Wildman–Crippen LogP) is 3.66. The second-order valence-corrected chi connectivity index (χ2v) is 3.60. The summed E-state index contributed by atoms with van der Waals surface area (Å²) in [7, 11) is 1.22. The maximum atomic E-state index is 12.7. The van der Waals surface area contributed by atoms with Gasteiger partial charge in [0.1, 0.15) is 11.3 Å². The normalized spacial score (nSPS) is 11.2. The quantitative estimate of drug-likeness (QED) is 0.616. The van der Waals surface area contributed by atoms with Gasteiger partial charge in [0.25, 0.3) is 5.69 Å². The minimum atomic E-state index is -4.81. The number of allylic oxidation sites excluding steroid dienone is 1. The van der Waals surface area contributed by atoms with Gasteiger partial charge >= 0.3 is 6.18 Å². The van der Waals surface area contributed by atoms with Gasteiger partial charge in [-0.15, -0.1) is 0 Å². The first-order valence-electron chi connectivity index (χ1n) is 4.78. The predicted molar refractivity (Wildman–Crippen MR) is 59.4 cm³/mol. The zero-order valence-corrected chi connectivity index (χ0v) is 9.67. The fraction of sp³-hybridized carbons (Fsp3) is 0.273. The highest BCUT2D eigenvalue weighted by Gasteiger charge is 2.39. The van der Waals surface area contributed by atoms with Crippen LogP contribution in [0.25, 0.3) is 5.57 Å². The number of nitro benzene ring substituents is 1. The maximum Gasteiger partial charge on any atom is 0.423 e. The van der Waals surface area contributed by atoms with Gasteiger partial charge in [-0.25, -0.2) is 0 Å². The van der Waals surface area contributed by atoms with Crippen LogP contribution in [0.1, 0.15) is 18.1 Å². The van der Waals surface area contributed by atoms with Gasteiger partial charge in [-0.05, 0) is 18.6 Å². The largest absolute Gasteiger partial charge is 0.496 e. The van der Waals surface area contributed by atoms with Crippen LogP contribution in [0.3, 0.4) is 0 Å². The lowest BCUT2D eigenvalue weighted by atomic mass is 10.0. The van der Waals surface area contributed by atoms with Crippen LogP contribution in [-0.2, 0) is 6.18 Å². The van der Waals surface area contributed by atoms with Crippen molar-refractivity contribution >= 4 is 11.3 Å². The number of ether oxygens (including phenoxy) is 1. The molecule has 0 saturated carbocycles. The molecule has 0 aliphatic heterocycles. The fourth-order valence-corrected chi connectivity index (χ4v) is 1.45. The third-order valence-electron chi connectivity index (χ3n) is 2.28. The average Bonchev–Trinajstić information content (AvgIpc) is 2.25. The molecule has 0 N–H and O–H groups in total. The molecule has 0 aliphatic carbocycles. The van der Waals surface area contributed by atoms with Crippen LogP contribution in [-0.4, -0.2) is 12.0 Å². The summed E-state index contributed by atoms with van der Waals surface area (Å²) in [6.45, 7) is 5.00. The number of halogens is 3. The third-order valence-corrected chi connectivity index (χ3v) is 2.28. The van der Waals surface area contributed by atoms with Crippen molar-refractivity contribution in [3.63, 3.8) is 0 Å². The summed E-state index contributed by atoms with van der Waals surface area (Å²) in [5.74, 6) is -0.0119. The van der Waals surface area contributed by atoms with E-state index in [1.807, 2.05) is 0 Å². The van der Waals surface area contributed by atoms with E-state index in [4.69, 9.17) is 4.74 Å². The summed E-state index contributed by atoms with van der Waals surface area (Å²) in [5, 5.41) is 10.6. The van der Waals surface area contributed by atoms with Gasteiger partial charge in [0, 0.05) is 5.56 Å². The van der Waals surface area contributed by atoms with E-state index in [-0.39, 0.29) is 11.3 Å². The minimum absolute atomic E-state index is 0.0119. The fourth-order valence-electron chi connectivity index (χ4n) is 1.45. The number of methoxy groups -OCH3 is 1. The van der Waals surface area contributed by atoms with Crippen LogP contribution in [0.2, 0.25) is 0 Å². The van der Waals surface area contributed by atoms with Gasteiger partial charge in [-0.2, -0.15) is 13.2 Å². The SMILES string of the molecule is C=C(C)c1cc(C(F)(F)F)c([N+](=O)[O-])cc1OC. The Bertz CT molecular complexity index is 509. The molecule has 0 amide bonds. The first-order chi connectivity index (χ1) is 8.18. The number of hydrogen-bond acceptors (Lipinski definition) is 3. The van der Waals surface area contributed by atoms with Crippen molar-refractivity contribution in [1.82, 2.24) is 0 Å². The molecule has 1 aromatic rings. The molecule has 0 saturated heterocycles. The first-order valence-corrected chi connectivity index (χ1v) is 4.78. The molecule has 0 bridgehead atoms. The Kier molecular flexibility index (Phi) is 3.64. The van der Waals surface area contributed by atoms with E-state index in [1.165, 1.54) is 14.0 Å². The molecule has 0 spiro atoms. The molecule has 0 aliphatic rings. The highest BCUT2D eigenvalue weighted by atomic mass is 19.4. The number of nitrogens with zero attached hydrogens (tertiary/aromatic N) is 1. The Labute approximate surface area is 101 Å². The monoisotopic (exact) mass is 261 g/mol. The van der Waals surface area contributed by atoms with Crippen molar-refractivity contribution in [2.24, 2.45) is 0 Å². The lowest BCUT2D eigenvalue weighted by molar-refractivity contribution is -0.388. The van der Waals surface area contributed by atoms with Gasteiger partial charge in [-0.1, -0.05) is 6.58 Å². The second kappa shape index (κ2) is 4.67. The lowest BCUT2D eigenvalue weighted by Crippen LogP contribution is -2.10. The van der Waals surface area contributed by atoms with E-state index < -0.39 is 22.4 Å². The number of alkyl halides is 3. The molecule has 98 valence electrons. The summed E-state index contributed by atoms with van der Waals surface area (Å²) in [5.41, 5.74) is -1.93. The Morgan fingerprint density at radius 3 is 2.33 bits per heavy atom. The number of nitro groups is 1. The van der Waals surface area contributed by atoms with E-state index in [9.17, 15) is 23.3 Å². The van der Waals surface area contributed by atoms with Crippen LogP contribution in [0, 0.1) is 10.1 Å². The average molecular weight is 261 g/mol. The van der Waals surface area contributed by atoms with E-state index in [0.717, 1.165) is 6.07 Å². The van der Waals surface area contributed by atoms with Gasteiger partial charge < -0.3 is 4.74 Å². The van der Waals surface area contributed by atoms with Gasteiger partial charge in [0.05, 0.1) is 18.1 Å². The summed E-state index contributed by atoms with van der Waals surface area (Å²) in [6, 6.07) is 1.44. The molecule has 1 aromatic carbocycles. The van der Waals surface area contributed by atoms with Crippen LogP contribution in [0.15, 0.2) is 18.7 Å². The highest BCUT2D eigenvalue weighted by Crippen LogP contribution is 2.41. The van der Waals surface area contributed by atoms with E-state index in [2.05, 4.69) is 6.58 Å². The molecular formula is C11H10F3NO3. The van der Waals surface area contributed by atoms with E-state index in [1.54, 1.807) is 0 Å². The van der Waals surface area contributed by atoms with Crippen molar-refractivity contribution in [3.05, 3.63) is 40.0 Å². The maximum absolute atomic E-state index is 12.7. The Balaban J connectivity index is 3.63. The number of benzene rings is 1. The lowest BCUT2D eigenvalue weighted by Gasteiger charge is -2.13. The molecule has 4 nitrogen and oxygen atoms in total. The topological polar surface area (TPSA) is 52.4 Å². The van der Waals surface area contributed by atoms with Crippen LogP contribution < -0.4 is 4.74 Å². The Morgan fingerprint density at radius 2 is 2.00 bits per heavy atom. The molecule has 0 heterocycles. The Morgan fingerprint density at radius 1 is 1.44 bits per heavy atom. The van der Waals surface area contributed by atoms with Crippen LogP contribution >= 0.6 is 0 Å². The minimum Gasteiger partial charge on any atom is -0.496 e. The number of hydrogen-bond donors (Lipinski definition) is 0. The van der Waals surface area contributed by atoms with Gasteiger partial charge in [0.2, 0.25) is 0 Å². The second-order valence-electron chi connectivity index (χ2n) is 3.60. The summed E-state index contributed by atoms with van der Waals surface area (Å²) < 4.78 is 43.0. The molecule has 0 aromatic heterocycles. The molecule has 0 radical (unpaired) electrons. The van der Waals surface area contributed by atoms with Crippen LogP contribution in [0.4, 0.5) is 18.9 Å². The zero-order valence-electron chi connectivity index (χ0n) is 9.67. The molecule has 7 heteroatoms. The van der Waals surface area contributed by atoms with Crippen molar-refractivity contribution in [3.8, 4) is 5.75 Å². The van der Waals surface area contributed by atoms with E-state index in [0.29, 0.717) is 11.6 Å². The van der Waals surface area contributed by atoms with Crippen LogP contribution in [0.5, 0.6) is 5.75 Å². The van der Waals surface area contributed by atoms with Crippen molar-refractivity contribution in [2.75, 3.05) is 7.11 Å². The van der Waals surface area contributed by atoms with Crippen molar-refractivity contribution in [2.45, 2.75) is 13.1 Å². The molecule has 1 rings (SSSR count). The smallest absolute Gasteiger partial charge is 0.423 e. The number of rotatable bonds is 3. The molecule has 0 unspecified atom stereocenters. The first kappa shape index (κ1) is 14.0. The Hall–Kier alpha value is -2.05. The molecule has 18 heavy (non-hydrogen) atoms. The molecular weight excluding hydrogens is 251 g/mol. The molecule has 0 fully saturated rings.